The van der Waals surface area contributed by atoms with Crippen molar-refractivity contribution in [1.82, 2.24) is 14.8 Å². The van der Waals surface area contributed by atoms with Crippen LogP contribution in [0.1, 0.15) is 57.1 Å². The van der Waals surface area contributed by atoms with Crippen LogP contribution in [-0.2, 0) is 24.3 Å². The SMILES string of the molecule is CC1CCCC(CN)(OCc2nnc3n2CCCC3)C1. The molecule has 1 fully saturated rings. The average Bonchev–Trinajstić information content (AvgIpc) is 2.88. The summed E-state index contributed by atoms with van der Waals surface area (Å²) >= 11 is 0. The molecule has 2 N–H and O–H groups in total. The highest BCUT2D eigenvalue weighted by molar-refractivity contribution is 4.98. The number of rotatable bonds is 4. The minimum Gasteiger partial charge on any atom is -0.366 e. The van der Waals surface area contributed by atoms with Gasteiger partial charge in [-0.2, -0.15) is 0 Å². The highest BCUT2D eigenvalue weighted by Crippen LogP contribution is 2.35. The van der Waals surface area contributed by atoms with Gasteiger partial charge < -0.3 is 15.0 Å². The lowest BCUT2D eigenvalue weighted by molar-refractivity contribution is -0.0870. The fourth-order valence-electron chi connectivity index (χ4n) is 3.68. The molecule has 1 aromatic rings. The van der Waals surface area contributed by atoms with Crippen LogP contribution in [0.5, 0.6) is 0 Å². The predicted octanol–water partition coefficient (Wildman–Crippen LogP) is 2.04. The van der Waals surface area contributed by atoms with Crippen molar-refractivity contribution in [2.24, 2.45) is 11.7 Å². The summed E-state index contributed by atoms with van der Waals surface area (Å²) < 4.78 is 8.49. The Labute approximate surface area is 120 Å². The van der Waals surface area contributed by atoms with Gasteiger partial charge in [0.05, 0.1) is 5.60 Å². The Kier molecular flexibility index (Phi) is 4.08. The standard InChI is InChI=1S/C15H26N4O/c1-12-5-4-7-15(9-12,11-16)20-10-14-18-17-13-6-2-3-8-19(13)14/h12H,2-11,16H2,1H3. The molecule has 0 spiro atoms. The maximum Gasteiger partial charge on any atom is 0.159 e. The third kappa shape index (κ3) is 2.74. The second-order valence-corrected chi connectivity index (χ2v) is 6.52. The zero-order chi connectivity index (χ0) is 14.0. The van der Waals surface area contributed by atoms with Crippen LogP contribution in [0.4, 0.5) is 0 Å². The maximum atomic E-state index is 6.25. The van der Waals surface area contributed by atoms with Crippen LogP contribution in [0, 0.1) is 5.92 Å². The molecule has 1 aliphatic heterocycles. The van der Waals surface area contributed by atoms with Crippen LogP contribution in [0.2, 0.25) is 0 Å². The van der Waals surface area contributed by atoms with Crippen molar-refractivity contribution in [3.05, 3.63) is 11.6 Å². The highest BCUT2D eigenvalue weighted by Gasteiger charge is 2.35. The zero-order valence-electron chi connectivity index (χ0n) is 12.5. The molecule has 3 rings (SSSR count). The van der Waals surface area contributed by atoms with E-state index in [-0.39, 0.29) is 5.60 Å². The van der Waals surface area contributed by atoms with Gasteiger partial charge in [0, 0.05) is 19.5 Å². The molecule has 0 radical (unpaired) electrons. The summed E-state index contributed by atoms with van der Waals surface area (Å²) in [7, 11) is 0. The molecule has 0 amide bonds. The van der Waals surface area contributed by atoms with Gasteiger partial charge in [-0.05, 0) is 31.6 Å². The van der Waals surface area contributed by atoms with E-state index in [0.717, 1.165) is 37.5 Å². The van der Waals surface area contributed by atoms with Gasteiger partial charge >= 0.3 is 0 Å². The second-order valence-electron chi connectivity index (χ2n) is 6.52. The molecule has 112 valence electrons. The van der Waals surface area contributed by atoms with Gasteiger partial charge in [0.1, 0.15) is 12.4 Å². The number of hydrogen-bond donors (Lipinski definition) is 1. The summed E-state index contributed by atoms with van der Waals surface area (Å²) in [6.45, 7) is 4.49. The van der Waals surface area contributed by atoms with Crippen molar-refractivity contribution in [2.45, 2.75) is 70.6 Å². The monoisotopic (exact) mass is 278 g/mol. The Balaban J connectivity index is 1.67. The van der Waals surface area contributed by atoms with Crippen LogP contribution in [0.3, 0.4) is 0 Å². The molecule has 20 heavy (non-hydrogen) atoms. The third-order valence-electron chi connectivity index (χ3n) is 4.87. The minimum atomic E-state index is -0.140. The normalized spacial score (nSPS) is 30.2. The Morgan fingerprint density at radius 2 is 2.25 bits per heavy atom. The Morgan fingerprint density at radius 1 is 1.35 bits per heavy atom. The van der Waals surface area contributed by atoms with Gasteiger partial charge in [-0.25, -0.2) is 0 Å². The van der Waals surface area contributed by atoms with Gasteiger partial charge in [-0.1, -0.05) is 19.8 Å². The van der Waals surface area contributed by atoms with Crippen molar-refractivity contribution in [3.63, 3.8) is 0 Å². The smallest absolute Gasteiger partial charge is 0.159 e. The Morgan fingerprint density at radius 3 is 3.05 bits per heavy atom. The Bertz CT molecular complexity index is 459. The molecule has 1 aliphatic carbocycles. The fraction of sp³-hybridized carbons (Fsp3) is 0.867. The van der Waals surface area contributed by atoms with E-state index in [1.54, 1.807) is 0 Å². The number of fused-ring (bicyclic) bond motifs is 1. The Hall–Kier alpha value is -0.940. The number of aryl methyl sites for hydroxylation is 1. The number of ether oxygens (including phenoxy) is 1. The first-order valence-electron chi connectivity index (χ1n) is 7.97. The molecule has 2 heterocycles. The fourth-order valence-corrected chi connectivity index (χ4v) is 3.68. The first-order chi connectivity index (χ1) is 9.72. The van der Waals surface area contributed by atoms with Crippen LogP contribution in [0.25, 0.3) is 0 Å². The van der Waals surface area contributed by atoms with E-state index >= 15 is 0 Å². The molecular weight excluding hydrogens is 252 g/mol. The zero-order valence-corrected chi connectivity index (χ0v) is 12.5. The van der Waals surface area contributed by atoms with Crippen molar-refractivity contribution >= 4 is 0 Å². The number of aromatic nitrogens is 3. The number of nitrogens with zero attached hydrogens (tertiary/aromatic N) is 3. The summed E-state index contributed by atoms with van der Waals surface area (Å²) in [6.07, 6.45) is 8.16. The third-order valence-corrected chi connectivity index (χ3v) is 4.87. The molecule has 2 atom stereocenters. The summed E-state index contributed by atoms with van der Waals surface area (Å²) in [4.78, 5) is 0. The van der Waals surface area contributed by atoms with E-state index in [1.165, 1.54) is 25.7 Å². The lowest BCUT2D eigenvalue weighted by Gasteiger charge is -2.39. The molecule has 5 heteroatoms. The molecule has 0 saturated heterocycles. The van der Waals surface area contributed by atoms with E-state index in [1.807, 2.05) is 0 Å². The highest BCUT2D eigenvalue weighted by atomic mass is 16.5. The lowest BCUT2D eigenvalue weighted by atomic mass is 9.79. The van der Waals surface area contributed by atoms with Crippen LogP contribution < -0.4 is 5.73 Å². The van der Waals surface area contributed by atoms with Gasteiger partial charge in [0.15, 0.2) is 5.82 Å². The number of hydrogen-bond acceptors (Lipinski definition) is 4. The first kappa shape index (κ1) is 14.0. The van der Waals surface area contributed by atoms with E-state index in [2.05, 4.69) is 21.7 Å². The van der Waals surface area contributed by atoms with Crippen molar-refractivity contribution < 1.29 is 4.74 Å². The predicted molar refractivity (Wildman–Crippen MR) is 77.2 cm³/mol. The second kappa shape index (κ2) is 5.82. The van der Waals surface area contributed by atoms with E-state index in [4.69, 9.17) is 10.5 Å². The summed E-state index contributed by atoms with van der Waals surface area (Å²) in [5.41, 5.74) is 5.87. The van der Waals surface area contributed by atoms with Crippen molar-refractivity contribution in [3.8, 4) is 0 Å². The molecule has 5 nitrogen and oxygen atoms in total. The summed E-state index contributed by atoms with van der Waals surface area (Å²) in [6, 6.07) is 0. The molecule has 1 saturated carbocycles. The molecule has 0 aromatic carbocycles. The molecule has 2 aliphatic rings. The van der Waals surface area contributed by atoms with Crippen LogP contribution in [-0.4, -0.2) is 26.9 Å². The van der Waals surface area contributed by atoms with Gasteiger partial charge in [-0.3, -0.25) is 0 Å². The van der Waals surface area contributed by atoms with Gasteiger partial charge in [0.2, 0.25) is 0 Å². The van der Waals surface area contributed by atoms with Crippen LogP contribution in [0.15, 0.2) is 0 Å². The maximum absolute atomic E-state index is 6.25. The van der Waals surface area contributed by atoms with Crippen molar-refractivity contribution in [1.29, 1.82) is 0 Å². The van der Waals surface area contributed by atoms with Crippen LogP contribution >= 0.6 is 0 Å². The van der Waals surface area contributed by atoms with Gasteiger partial charge in [0.25, 0.3) is 0 Å². The topological polar surface area (TPSA) is 66.0 Å². The molecule has 1 aromatic heterocycles. The van der Waals surface area contributed by atoms with E-state index < -0.39 is 0 Å². The molecule has 2 unspecified atom stereocenters. The first-order valence-corrected chi connectivity index (χ1v) is 7.97. The van der Waals surface area contributed by atoms with Gasteiger partial charge in [-0.15, -0.1) is 10.2 Å². The lowest BCUT2D eigenvalue weighted by Crippen LogP contribution is -2.44. The summed E-state index contributed by atoms with van der Waals surface area (Å²) in [5, 5.41) is 8.60. The largest absolute Gasteiger partial charge is 0.366 e. The number of nitrogens with two attached hydrogens (primary N) is 1. The molecular formula is C15H26N4O. The average molecular weight is 278 g/mol. The molecule has 0 bridgehead atoms. The quantitative estimate of drug-likeness (QED) is 0.915. The van der Waals surface area contributed by atoms with E-state index in [0.29, 0.717) is 19.1 Å². The van der Waals surface area contributed by atoms with E-state index in [9.17, 15) is 0 Å². The minimum absolute atomic E-state index is 0.140. The summed E-state index contributed by atoms with van der Waals surface area (Å²) in [5.74, 6) is 2.80. The van der Waals surface area contributed by atoms with Crippen molar-refractivity contribution in [2.75, 3.05) is 6.54 Å².